The van der Waals surface area contributed by atoms with E-state index in [1.54, 1.807) is 0 Å². The average molecular weight is 462 g/mol. The largest absolute Gasteiger partial charge is 0.309 e. The Bertz CT molecular complexity index is 1230. The maximum absolute atomic E-state index is 14.2. The van der Waals surface area contributed by atoms with E-state index >= 15 is 0 Å². The average Bonchev–Trinajstić information content (AvgIpc) is 3.22. The normalized spacial score (nSPS) is 31.4. The number of carbonyl (C=O) groups is 2. The summed E-state index contributed by atoms with van der Waals surface area (Å²) >= 11 is 0. The van der Waals surface area contributed by atoms with Crippen molar-refractivity contribution in [1.82, 2.24) is 0 Å². The van der Waals surface area contributed by atoms with Gasteiger partial charge in [0, 0.05) is 29.5 Å². The second-order valence-corrected chi connectivity index (χ2v) is 11.0. The predicted molar refractivity (Wildman–Crippen MR) is 139 cm³/mol. The first-order valence-corrected chi connectivity index (χ1v) is 13.3. The van der Waals surface area contributed by atoms with Crippen LogP contribution < -0.4 is 4.90 Å². The molecule has 3 aromatic rings. The molecule has 3 saturated carbocycles. The number of amides is 1. The first kappa shape index (κ1) is 21.1. The molecule has 0 N–H and O–H groups in total. The zero-order valence-electron chi connectivity index (χ0n) is 20.0. The van der Waals surface area contributed by atoms with Crippen molar-refractivity contribution in [2.75, 3.05) is 4.90 Å². The van der Waals surface area contributed by atoms with E-state index in [0.29, 0.717) is 11.7 Å². The van der Waals surface area contributed by atoms with Crippen LogP contribution in [0.25, 0.3) is 22.3 Å². The van der Waals surface area contributed by atoms with Crippen molar-refractivity contribution in [3.05, 3.63) is 78.9 Å². The molecule has 4 fully saturated rings. The van der Waals surface area contributed by atoms with Crippen LogP contribution in [0.3, 0.4) is 0 Å². The van der Waals surface area contributed by atoms with Gasteiger partial charge in [0.05, 0.1) is 0 Å². The molecular formula is C32H31NO2. The third kappa shape index (κ3) is 3.24. The van der Waals surface area contributed by atoms with Gasteiger partial charge in [-0.15, -0.1) is 0 Å². The monoisotopic (exact) mass is 461 g/mol. The Hall–Kier alpha value is -3.20. The lowest BCUT2D eigenvalue weighted by Crippen LogP contribution is -2.59. The highest BCUT2D eigenvalue weighted by atomic mass is 16.2. The summed E-state index contributed by atoms with van der Waals surface area (Å²) in [6.45, 7) is 0. The molecule has 35 heavy (non-hydrogen) atoms. The molecule has 6 atom stereocenters. The van der Waals surface area contributed by atoms with Gasteiger partial charge in [-0.2, -0.15) is 0 Å². The SMILES string of the molecule is O=C1C2CCCC3C(=O)N(c4cc(-c5ccccc5)cc(-c5ccccc5)c4)C4CCCC1C4C23. The van der Waals surface area contributed by atoms with Gasteiger partial charge in [-0.1, -0.05) is 73.5 Å². The molecule has 0 bridgehead atoms. The van der Waals surface area contributed by atoms with Crippen molar-refractivity contribution in [1.29, 1.82) is 0 Å². The summed E-state index contributed by atoms with van der Waals surface area (Å²) in [7, 11) is 0. The topological polar surface area (TPSA) is 37.4 Å². The first-order valence-electron chi connectivity index (χ1n) is 13.3. The highest BCUT2D eigenvalue weighted by molar-refractivity contribution is 6.00. The van der Waals surface area contributed by atoms with Gasteiger partial charge >= 0.3 is 0 Å². The smallest absolute Gasteiger partial charge is 0.230 e. The van der Waals surface area contributed by atoms with Crippen LogP contribution in [0.15, 0.2) is 78.9 Å². The summed E-state index contributed by atoms with van der Waals surface area (Å²) in [6.07, 6.45) is 5.99. The number of piperidine rings is 1. The number of hydrogen-bond donors (Lipinski definition) is 0. The second-order valence-electron chi connectivity index (χ2n) is 11.0. The van der Waals surface area contributed by atoms with Crippen LogP contribution in [-0.4, -0.2) is 17.7 Å². The zero-order valence-corrected chi connectivity index (χ0v) is 20.0. The van der Waals surface area contributed by atoms with Gasteiger partial charge in [0.25, 0.3) is 0 Å². The number of Topliss-reactive ketones (excluding diaryl/α,β-unsaturated/α-hetero) is 1. The molecular weight excluding hydrogens is 430 g/mol. The Kier molecular flexibility index (Phi) is 4.94. The van der Waals surface area contributed by atoms with Crippen LogP contribution in [0, 0.1) is 29.6 Å². The van der Waals surface area contributed by atoms with Crippen molar-refractivity contribution in [2.24, 2.45) is 29.6 Å². The van der Waals surface area contributed by atoms with Crippen molar-refractivity contribution in [3.63, 3.8) is 0 Å². The zero-order chi connectivity index (χ0) is 23.5. The molecule has 1 amide bonds. The summed E-state index contributed by atoms with van der Waals surface area (Å²) in [5, 5.41) is 0. The maximum Gasteiger partial charge on any atom is 0.230 e. The Labute approximate surface area is 207 Å². The summed E-state index contributed by atoms with van der Waals surface area (Å²) in [6, 6.07) is 27.7. The predicted octanol–water partition coefficient (Wildman–Crippen LogP) is 6.77. The maximum atomic E-state index is 14.2. The molecule has 4 aliphatic rings. The molecule has 6 unspecified atom stereocenters. The van der Waals surface area contributed by atoms with Gasteiger partial charge in [-0.3, -0.25) is 9.59 Å². The van der Waals surface area contributed by atoms with Gasteiger partial charge in [0.2, 0.25) is 5.91 Å². The molecule has 3 aliphatic carbocycles. The van der Waals surface area contributed by atoms with E-state index in [2.05, 4.69) is 71.6 Å². The fourth-order valence-electron chi connectivity index (χ4n) is 8.02. The molecule has 3 aromatic carbocycles. The molecule has 0 spiro atoms. The highest BCUT2D eigenvalue weighted by Crippen LogP contribution is 2.58. The standard InChI is InChI=1S/C32H31NO2/c34-31-25-13-7-15-27-29(25)30-26(31)14-8-16-28(30)33(32(27)35)24-18-22(20-9-3-1-4-10-20)17-23(19-24)21-11-5-2-6-12-21/h1-6,9-12,17-19,25-30H,7-8,13-16H2. The van der Waals surface area contributed by atoms with Crippen molar-refractivity contribution in [2.45, 2.75) is 44.6 Å². The van der Waals surface area contributed by atoms with Crippen LogP contribution in [0.2, 0.25) is 0 Å². The van der Waals surface area contributed by atoms with E-state index in [0.717, 1.165) is 66.5 Å². The van der Waals surface area contributed by atoms with E-state index in [-0.39, 0.29) is 35.6 Å². The van der Waals surface area contributed by atoms with Gasteiger partial charge in [-0.05, 0) is 78.0 Å². The summed E-state index contributed by atoms with van der Waals surface area (Å²) < 4.78 is 0. The molecule has 1 aliphatic heterocycles. The second kappa shape index (κ2) is 8.19. The molecule has 0 radical (unpaired) electrons. The number of carbonyl (C=O) groups excluding carboxylic acids is 2. The third-order valence-corrected chi connectivity index (χ3v) is 9.36. The van der Waals surface area contributed by atoms with Crippen LogP contribution in [0.4, 0.5) is 5.69 Å². The summed E-state index contributed by atoms with van der Waals surface area (Å²) in [5.41, 5.74) is 5.58. The summed E-state index contributed by atoms with van der Waals surface area (Å²) in [5.74, 6) is 1.65. The number of rotatable bonds is 3. The molecule has 176 valence electrons. The molecule has 3 nitrogen and oxygen atoms in total. The Morgan fingerprint density at radius 2 is 1.11 bits per heavy atom. The lowest BCUT2D eigenvalue weighted by molar-refractivity contribution is -0.132. The van der Waals surface area contributed by atoms with E-state index in [9.17, 15) is 9.59 Å². The number of hydrogen-bond acceptors (Lipinski definition) is 2. The van der Waals surface area contributed by atoms with Gasteiger partial charge in [0.1, 0.15) is 5.78 Å². The van der Waals surface area contributed by atoms with Crippen molar-refractivity contribution < 1.29 is 9.59 Å². The lowest BCUT2D eigenvalue weighted by Gasteiger charge is -2.51. The van der Waals surface area contributed by atoms with Gasteiger partial charge < -0.3 is 4.90 Å². The molecule has 1 heterocycles. The Morgan fingerprint density at radius 3 is 1.74 bits per heavy atom. The van der Waals surface area contributed by atoms with Crippen LogP contribution in [0.1, 0.15) is 38.5 Å². The highest BCUT2D eigenvalue weighted by Gasteiger charge is 2.62. The number of anilines is 1. The molecule has 1 saturated heterocycles. The van der Waals surface area contributed by atoms with Gasteiger partial charge in [0.15, 0.2) is 0 Å². The molecule has 3 heteroatoms. The van der Waals surface area contributed by atoms with Crippen LogP contribution in [0.5, 0.6) is 0 Å². The Balaban J connectivity index is 1.39. The molecule has 0 aromatic heterocycles. The number of ketones is 1. The number of benzene rings is 3. The first-order chi connectivity index (χ1) is 17.2. The quantitative estimate of drug-likeness (QED) is 0.432. The lowest BCUT2D eigenvalue weighted by atomic mass is 9.62. The fraction of sp³-hybridized carbons (Fsp3) is 0.375. The minimum Gasteiger partial charge on any atom is -0.309 e. The van der Waals surface area contributed by atoms with Crippen LogP contribution >= 0.6 is 0 Å². The van der Waals surface area contributed by atoms with Crippen LogP contribution in [-0.2, 0) is 9.59 Å². The number of nitrogens with zero attached hydrogens (tertiary/aromatic N) is 1. The van der Waals surface area contributed by atoms with Gasteiger partial charge in [-0.25, -0.2) is 0 Å². The minimum absolute atomic E-state index is 0.00241. The van der Waals surface area contributed by atoms with E-state index in [1.807, 2.05) is 12.1 Å². The Morgan fingerprint density at radius 1 is 0.571 bits per heavy atom. The van der Waals surface area contributed by atoms with Crippen molar-refractivity contribution >= 4 is 17.4 Å². The minimum atomic E-state index is 0.00241. The van der Waals surface area contributed by atoms with E-state index in [1.165, 1.54) is 0 Å². The van der Waals surface area contributed by atoms with Crippen molar-refractivity contribution in [3.8, 4) is 22.3 Å². The summed E-state index contributed by atoms with van der Waals surface area (Å²) in [4.78, 5) is 29.7. The molecule has 7 rings (SSSR count). The van der Waals surface area contributed by atoms with E-state index in [4.69, 9.17) is 0 Å². The van der Waals surface area contributed by atoms with E-state index < -0.39 is 0 Å². The third-order valence-electron chi connectivity index (χ3n) is 9.36. The fourth-order valence-corrected chi connectivity index (χ4v) is 8.02.